The summed E-state index contributed by atoms with van der Waals surface area (Å²) in [4.78, 5) is 11.1. The molecule has 0 aromatic carbocycles. The van der Waals surface area contributed by atoms with Gasteiger partial charge in [-0.1, -0.05) is 20.8 Å². The summed E-state index contributed by atoms with van der Waals surface area (Å²) in [6, 6.07) is 0. The van der Waals surface area contributed by atoms with Crippen LogP contribution in [0.15, 0.2) is 0 Å². The molecule has 0 saturated carbocycles. The Morgan fingerprint density at radius 3 is 2.42 bits per heavy atom. The summed E-state index contributed by atoms with van der Waals surface area (Å²) in [5, 5.41) is 9.69. The summed E-state index contributed by atoms with van der Waals surface area (Å²) in [5.41, 5.74) is -0.0736. The van der Waals surface area contributed by atoms with Gasteiger partial charge in [0, 0.05) is 6.54 Å². The molecule has 0 aromatic rings. The number of aliphatic hydroxyl groups is 1. The monoisotopic (exact) mass is 295 g/mol. The van der Waals surface area contributed by atoms with E-state index in [2.05, 4.69) is 9.46 Å². The summed E-state index contributed by atoms with van der Waals surface area (Å²) in [5.74, 6) is -0.864. The Bertz CT molecular complexity index is 372. The molecule has 0 amide bonds. The first-order valence-electron chi connectivity index (χ1n) is 6.37. The van der Waals surface area contributed by atoms with Gasteiger partial charge in [0.2, 0.25) is 10.0 Å². The molecule has 0 aliphatic heterocycles. The first-order chi connectivity index (χ1) is 8.56. The largest absolute Gasteiger partial charge is 0.466 e. The van der Waals surface area contributed by atoms with E-state index in [1.165, 1.54) is 0 Å². The smallest absolute Gasteiger partial charge is 0.306 e. The zero-order valence-corrected chi connectivity index (χ0v) is 12.9. The molecule has 0 bridgehead atoms. The lowest BCUT2D eigenvalue weighted by Gasteiger charge is -2.22. The highest BCUT2D eigenvalue weighted by atomic mass is 32.2. The van der Waals surface area contributed by atoms with Gasteiger partial charge < -0.3 is 9.84 Å². The number of nitrogens with one attached hydrogen (secondary N) is 1. The second-order valence-corrected chi connectivity index (χ2v) is 7.57. The summed E-state index contributed by atoms with van der Waals surface area (Å²) >= 11 is 0. The van der Waals surface area contributed by atoms with Crippen molar-refractivity contribution >= 4 is 16.0 Å². The second-order valence-electron chi connectivity index (χ2n) is 5.64. The molecule has 0 aliphatic rings. The van der Waals surface area contributed by atoms with E-state index in [9.17, 15) is 18.3 Å². The van der Waals surface area contributed by atoms with Crippen LogP contribution < -0.4 is 4.72 Å². The van der Waals surface area contributed by atoms with E-state index in [1.807, 2.05) is 20.8 Å². The SMILES string of the molecule is CCOC(=O)CCS(=O)(=O)NCC(O)CC(C)(C)C. The van der Waals surface area contributed by atoms with Crippen molar-refractivity contribution in [3.05, 3.63) is 0 Å². The molecule has 1 unspecified atom stereocenters. The van der Waals surface area contributed by atoms with Gasteiger partial charge in [0.25, 0.3) is 0 Å². The predicted octanol–water partition coefficient (Wildman–Crippen LogP) is 0.656. The topological polar surface area (TPSA) is 92.7 Å². The number of hydrogen-bond acceptors (Lipinski definition) is 5. The number of aliphatic hydroxyl groups excluding tert-OH is 1. The number of rotatable bonds is 8. The number of sulfonamides is 1. The van der Waals surface area contributed by atoms with Crippen LogP contribution >= 0.6 is 0 Å². The molecule has 0 spiro atoms. The Morgan fingerprint density at radius 1 is 1.37 bits per heavy atom. The third-order valence-corrected chi connectivity index (χ3v) is 3.62. The maximum Gasteiger partial charge on any atom is 0.306 e. The van der Waals surface area contributed by atoms with Crippen LogP contribution in [-0.4, -0.2) is 44.5 Å². The quantitative estimate of drug-likeness (QED) is 0.642. The Morgan fingerprint density at radius 2 is 1.95 bits per heavy atom. The predicted molar refractivity (Wildman–Crippen MR) is 73.1 cm³/mol. The average molecular weight is 295 g/mol. The van der Waals surface area contributed by atoms with Crippen molar-refractivity contribution < 1.29 is 23.1 Å². The van der Waals surface area contributed by atoms with Gasteiger partial charge in [0.15, 0.2) is 0 Å². The van der Waals surface area contributed by atoms with Crippen molar-refractivity contribution in [1.82, 2.24) is 4.72 Å². The first kappa shape index (κ1) is 18.3. The van der Waals surface area contributed by atoms with Crippen LogP contribution in [0.5, 0.6) is 0 Å². The number of carbonyl (C=O) groups is 1. The molecule has 6 nitrogen and oxygen atoms in total. The van der Waals surface area contributed by atoms with Gasteiger partial charge >= 0.3 is 5.97 Å². The molecule has 0 aromatic heterocycles. The molecule has 0 saturated heterocycles. The van der Waals surface area contributed by atoms with E-state index < -0.39 is 22.1 Å². The maximum absolute atomic E-state index is 11.6. The lowest BCUT2D eigenvalue weighted by molar-refractivity contribution is -0.142. The van der Waals surface area contributed by atoms with Crippen LogP contribution in [0.3, 0.4) is 0 Å². The van der Waals surface area contributed by atoms with Gasteiger partial charge in [0.1, 0.15) is 0 Å². The molecule has 0 aliphatic carbocycles. The van der Waals surface area contributed by atoms with E-state index in [-0.39, 0.29) is 30.7 Å². The van der Waals surface area contributed by atoms with Crippen LogP contribution in [0.25, 0.3) is 0 Å². The van der Waals surface area contributed by atoms with Gasteiger partial charge in [-0.2, -0.15) is 0 Å². The molecule has 0 heterocycles. The molecule has 7 heteroatoms. The van der Waals surface area contributed by atoms with E-state index >= 15 is 0 Å². The average Bonchev–Trinajstić information content (AvgIpc) is 2.22. The summed E-state index contributed by atoms with van der Waals surface area (Å²) < 4.78 is 30.1. The third kappa shape index (κ3) is 10.9. The minimum absolute atomic E-state index is 0.0393. The normalized spacial score (nSPS) is 14.2. The number of hydrogen-bond donors (Lipinski definition) is 2. The van der Waals surface area contributed by atoms with E-state index in [0.29, 0.717) is 6.42 Å². The lowest BCUT2D eigenvalue weighted by Crippen LogP contribution is -2.36. The fraction of sp³-hybridized carbons (Fsp3) is 0.917. The van der Waals surface area contributed by atoms with Crippen molar-refractivity contribution in [2.24, 2.45) is 5.41 Å². The van der Waals surface area contributed by atoms with E-state index in [0.717, 1.165) is 0 Å². The Hall–Kier alpha value is -0.660. The molecule has 0 radical (unpaired) electrons. The zero-order valence-electron chi connectivity index (χ0n) is 12.1. The lowest BCUT2D eigenvalue weighted by atomic mass is 9.89. The van der Waals surface area contributed by atoms with Crippen LogP contribution in [0.2, 0.25) is 0 Å². The van der Waals surface area contributed by atoms with Crippen molar-refractivity contribution in [3.8, 4) is 0 Å². The van der Waals surface area contributed by atoms with E-state index in [1.54, 1.807) is 6.92 Å². The fourth-order valence-electron chi connectivity index (χ4n) is 1.53. The minimum Gasteiger partial charge on any atom is -0.466 e. The summed E-state index contributed by atoms with van der Waals surface area (Å²) in [7, 11) is -3.56. The molecule has 0 rings (SSSR count). The van der Waals surface area contributed by atoms with Gasteiger partial charge in [0.05, 0.1) is 24.9 Å². The highest BCUT2D eigenvalue weighted by Crippen LogP contribution is 2.20. The first-order valence-corrected chi connectivity index (χ1v) is 8.02. The standard InChI is InChI=1S/C12H25NO5S/c1-5-18-11(15)6-7-19(16,17)13-9-10(14)8-12(2,3)4/h10,13-14H,5-9H2,1-4H3. The van der Waals surface area contributed by atoms with Gasteiger partial charge in [-0.25, -0.2) is 13.1 Å². The molecule has 1 atom stereocenters. The second kappa shape index (κ2) is 7.81. The third-order valence-electron chi connectivity index (χ3n) is 2.27. The van der Waals surface area contributed by atoms with Crippen molar-refractivity contribution in [2.45, 2.75) is 46.6 Å². The molecular weight excluding hydrogens is 270 g/mol. The fourth-order valence-corrected chi connectivity index (χ4v) is 2.55. The number of esters is 1. The van der Waals surface area contributed by atoms with Crippen LogP contribution in [0.1, 0.15) is 40.5 Å². The van der Waals surface area contributed by atoms with Gasteiger partial charge in [-0.3, -0.25) is 4.79 Å². The van der Waals surface area contributed by atoms with Crippen molar-refractivity contribution in [2.75, 3.05) is 18.9 Å². The van der Waals surface area contributed by atoms with Crippen LogP contribution in [-0.2, 0) is 19.6 Å². The van der Waals surface area contributed by atoms with Crippen LogP contribution in [0, 0.1) is 5.41 Å². The minimum atomic E-state index is -3.56. The van der Waals surface area contributed by atoms with E-state index in [4.69, 9.17) is 0 Å². The van der Waals surface area contributed by atoms with Crippen molar-refractivity contribution in [1.29, 1.82) is 0 Å². The summed E-state index contributed by atoms with van der Waals surface area (Å²) in [6.45, 7) is 7.75. The Balaban J connectivity index is 4.07. The molecule has 0 fully saturated rings. The highest BCUT2D eigenvalue weighted by molar-refractivity contribution is 7.89. The molecule has 19 heavy (non-hydrogen) atoms. The number of carbonyl (C=O) groups excluding carboxylic acids is 1. The molecule has 2 N–H and O–H groups in total. The summed E-state index contributed by atoms with van der Waals surface area (Å²) in [6.07, 6.45) is -0.427. The van der Waals surface area contributed by atoms with Gasteiger partial charge in [-0.05, 0) is 18.8 Å². The van der Waals surface area contributed by atoms with Gasteiger partial charge in [-0.15, -0.1) is 0 Å². The Kier molecular flexibility index (Phi) is 7.54. The molecular formula is C12H25NO5S. The highest BCUT2D eigenvalue weighted by Gasteiger charge is 2.19. The molecule has 114 valence electrons. The van der Waals surface area contributed by atoms with Crippen molar-refractivity contribution in [3.63, 3.8) is 0 Å². The van der Waals surface area contributed by atoms with Crippen LogP contribution in [0.4, 0.5) is 0 Å². The number of ether oxygens (including phenoxy) is 1. The Labute approximate surface area is 115 Å². The maximum atomic E-state index is 11.6. The zero-order chi connectivity index (χ0) is 15.1.